The molecule has 0 bridgehead atoms. The number of hydrogen-bond acceptors (Lipinski definition) is 2. The maximum absolute atomic E-state index is 8.54. The van der Waals surface area contributed by atoms with E-state index in [2.05, 4.69) is 13.8 Å². The Labute approximate surface area is 75.2 Å². The van der Waals surface area contributed by atoms with E-state index in [1.54, 1.807) is 13.2 Å². The second kappa shape index (κ2) is 6.21. The molecule has 0 aromatic rings. The third-order valence-electron chi connectivity index (χ3n) is 2.09. The molecule has 0 aliphatic rings. The molecule has 0 aromatic heterocycles. The van der Waals surface area contributed by atoms with Crippen LogP contribution in [-0.2, 0) is 4.74 Å². The molecule has 0 saturated heterocycles. The lowest BCUT2D eigenvalue weighted by Crippen LogP contribution is -2.25. The van der Waals surface area contributed by atoms with Crippen molar-refractivity contribution >= 4 is 0 Å². The zero-order chi connectivity index (χ0) is 9.45. The molecule has 72 valence electrons. The van der Waals surface area contributed by atoms with Gasteiger partial charge in [0.2, 0.25) is 0 Å². The number of aliphatic hydroxyl groups is 1. The second-order valence-electron chi connectivity index (χ2n) is 3.26. The fourth-order valence-corrected chi connectivity index (χ4v) is 1.22. The quantitative estimate of drug-likeness (QED) is 0.622. The lowest BCUT2D eigenvalue weighted by molar-refractivity contribution is 0.000861. The first-order valence-electron chi connectivity index (χ1n) is 4.49. The molecule has 1 N–H and O–H groups in total. The third-order valence-corrected chi connectivity index (χ3v) is 2.09. The zero-order valence-corrected chi connectivity index (χ0v) is 8.34. The van der Waals surface area contributed by atoms with E-state index in [0.717, 1.165) is 19.3 Å². The molecule has 0 aromatic carbocycles. The number of aliphatic hydroxyl groups excluding tert-OH is 1. The van der Waals surface area contributed by atoms with Gasteiger partial charge in [0.1, 0.15) is 0 Å². The summed E-state index contributed by atoms with van der Waals surface area (Å²) in [6, 6.07) is 0. The van der Waals surface area contributed by atoms with Crippen molar-refractivity contribution < 1.29 is 9.84 Å². The lowest BCUT2D eigenvalue weighted by atomic mass is 9.96. The molecule has 0 heterocycles. The molecule has 0 spiro atoms. The normalized spacial score (nSPS) is 16.7. The highest BCUT2D eigenvalue weighted by Crippen LogP contribution is 2.21. The Morgan fingerprint density at radius 3 is 2.50 bits per heavy atom. The van der Waals surface area contributed by atoms with Crippen LogP contribution in [0.4, 0.5) is 0 Å². The van der Waals surface area contributed by atoms with Crippen LogP contribution in [0.1, 0.15) is 33.1 Å². The van der Waals surface area contributed by atoms with Crippen LogP contribution in [0.25, 0.3) is 0 Å². The van der Waals surface area contributed by atoms with E-state index in [1.165, 1.54) is 0 Å². The molecular formula is C10H20O2. The second-order valence-corrected chi connectivity index (χ2v) is 3.26. The maximum Gasteiger partial charge on any atom is 0.0684 e. The average molecular weight is 172 g/mol. The molecule has 0 fully saturated rings. The van der Waals surface area contributed by atoms with Gasteiger partial charge in [-0.3, -0.25) is 0 Å². The summed E-state index contributed by atoms with van der Waals surface area (Å²) < 4.78 is 5.39. The summed E-state index contributed by atoms with van der Waals surface area (Å²) >= 11 is 0. The fourth-order valence-electron chi connectivity index (χ4n) is 1.22. The highest BCUT2D eigenvalue weighted by Gasteiger charge is 2.19. The van der Waals surface area contributed by atoms with E-state index < -0.39 is 0 Å². The number of rotatable bonds is 6. The van der Waals surface area contributed by atoms with E-state index in [9.17, 15) is 0 Å². The van der Waals surface area contributed by atoms with Gasteiger partial charge >= 0.3 is 0 Å². The molecule has 2 heteroatoms. The molecule has 0 radical (unpaired) electrons. The fraction of sp³-hybridized carbons (Fsp3) is 0.800. The Morgan fingerprint density at radius 1 is 1.42 bits per heavy atom. The molecule has 1 atom stereocenters. The monoisotopic (exact) mass is 172 g/mol. The van der Waals surface area contributed by atoms with Gasteiger partial charge in [0.15, 0.2) is 0 Å². The predicted molar refractivity (Wildman–Crippen MR) is 51.2 cm³/mol. The summed E-state index contributed by atoms with van der Waals surface area (Å²) in [6.07, 6.45) is 6.78. The third kappa shape index (κ3) is 4.52. The number of hydrogen-bond donors (Lipinski definition) is 1. The minimum Gasteiger partial charge on any atom is -0.392 e. The van der Waals surface area contributed by atoms with Gasteiger partial charge < -0.3 is 9.84 Å². The molecule has 2 nitrogen and oxygen atoms in total. The summed E-state index contributed by atoms with van der Waals surface area (Å²) in [6.45, 7) is 4.36. The van der Waals surface area contributed by atoms with Gasteiger partial charge in [-0.1, -0.05) is 25.5 Å². The topological polar surface area (TPSA) is 29.5 Å². The van der Waals surface area contributed by atoms with Crippen LogP contribution < -0.4 is 0 Å². The molecule has 1 unspecified atom stereocenters. The van der Waals surface area contributed by atoms with Gasteiger partial charge in [0.25, 0.3) is 0 Å². The summed E-state index contributed by atoms with van der Waals surface area (Å²) in [5.41, 5.74) is -0.0551. The van der Waals surface area contributed by atoms with Crippen LogP contribution in [0.3, 0.4) is 0 Å². The molecule has 0 amide bonds. The molecule has 0 aliphatic heterocycles. The first kappa shape index (κ1) is 11.7. The highest BCUT2D eigenvalue weighted by atomic mass is 16.5. The van der Waals surface area contributed by atoms with Crippen molar-refractivity contribution in [2.45, 2.75) is 38.7 Å². The van der Waals surface area contributed by atoms with Gasteiger partial charge in [-0.25, -0.2) is 0 Å². The standard InChI is InChI=1S/C10H20O2/c1-4-7-10(2,12-3)8-5-6-9-11/h5-6,11H,4,7-9H2,1-3H3/b6-5+. The summed E-state index contributed by atoms with van der Waals surface area (Å²) in [7, 11) is 1.74. The van der Waals surface area contributed by atoms with Crippen molar-refractivity contribution in [3.8, 4) is 0 Å². The van der Waals surface area contributed by atoms with Crippen molar-refractivity contribution in [2.75, 3.05) is 13.7 Å². The molecule has 0 aliphatic carbocycles. The minimum atomic E-state index is -0.0551. The molecular weight excluding hydrogens is 152 g/mol. The van der Waals surface area contributed by atoms with Crippen LogP contribution in [0.5, 0.6) is 0 Å². The smallest absolute Gasteiger partial charge is 0.0684 e. The highest BCUT2D eigenvalue weighted by molar-refractivity contribution is 4.89. The van der Waals surface area contributed by atoms with Crippen molar-refractivity contribution in [1.29, 1.82) is 0 Å². The average Bonchev–Trinajstić information content (AvgIpc) is 2.06. The summed E-state index contributed by atoms with van der Waals surface area (Å²) in [5.74, 6) is 0. The van der Waals surface area contributed by atoms with Gasteiger partial charge in [0, 0.05) is 7.11 Å². The van der Waals surface area contributed by atoms with Gasteiger partial charge in [0.05, 0.1) is 12.2 Å². The maximum atomic E-state index is 8.54. The Bertz CT molecular complexity index is 132. The predicted octanol–water partition coefficient (Wildman–Crippen LogP) is 2.13. The number of methoxy groups -OCH3 is 1. The van der Waals surface area contributed by atoms with Gasteiger partial charge in [-0.05, 0) is 19.8 Å². The Hall–Kier alpha value is -0.340. The van der Waals surface area contributed by atoms with Crippen LogP contribution in [-0.4, -0.2) is 24.4 Å². The first-order chi connectivity index (χ1) is 5.68. The molecule has 0 saturated carbocycles. The summed E-state index contributed by atoms with van der Waals surface area (Å²) in [4.78, 5) is 0. The van der Waals surface area contributed by atoms with E-state index in [-0.39, 0.29) is 12.2 Å². The van der Waals surface area contributed by atoms with E-state index in [1.807, 2.05) is 6.08 Å². The van der Waals surface area contributed by atoms with Crippen molar-refractivity contribution in [3.05, 3.63) is 12.2 Å². The van der Waals surface area contributed by atoms with Crippen LogP contribution in [0.2, 0.25) is 0 Å². The minimum absolute atomic E-state index is 0.0551. The van der Waals surface area contributed by atoms with Gasteiger partial charge in [-0.15, -0.1) is 0 Å². The Balaban J connectivity index is 3.86. The van der Waals surface area contributed by atoms with E-state index >= 15 is 0 Å². The first-order valence-corrected chi connectivity index (χ1v) is 4.49. The SMILES string of the molecule is CCCC(C)(C/C=C/CO)OC. The van der Waals surface area contributed by atoms with Crippen molar-refractivity contribution in [3.63, 3.8) is 0 Å². The van der Waals surface area contributed by atoms with Gasteiger partial charge in [-0.2, -0.15) is 0 Å². The van der Waals surface area contributed by atoms with Crippen molar-refractivity contribution in [1.82, 2.24) is 0 Å². The zero-order valence-electron chi connectivity index (χ0n) is 8.34. The van der Waals surface area contributed by atoms with Crippen LogP contribution in [0, 0.1) is 0 Å². The summed E-state index contributed by atoms with van der Waals surface area (Å²) in [5, 5.41) is 8.54. The number of ether oxygens (including phenoxy) is 1. The van der Waals surface area contributed by atoms with Crippen LogP contribution >= 0.6 is 0 Å². The lowest BCUT2D eigenvalue weighted by Gasteiger charge is -2.26. The van der Waals surface area contributed by atoms with Crippen LogP contribution in [0.15, 0.2) is 12.2 Å². The largest absolute Gasteiger partial charge is 0.392 e. The Morgan fingerprint density at radius 2 is 2.08 bits per heavy atom. The van der Waals surface area contributed by atoms with Crippen molar-refractivity contribution in [2.24, 2.45) is 0 Å². The van der Waals surface area contributed by atoms with E-state index in [4.69, 9.17) is 9.84 Å². The Kier molecular flexibility index (Phi) is 6.03. The van der Waals surface area contributed by atoms with E-state index in [0.29, 0.717) is 0 Å². The molecule has 0 rings (SSSR count). The molecule has 12 heavy (non-hydrogen) atoms.